The molecule has 0 N–H and O–H groups in total. The van der Waals surface area contributed by atoms with Crippen LogP contribution in [0.5, 0.6) is 0 Å². The molecule has 1 aromatic heterocycles. The number of carbonyl (C=O) groups is 1. The third kappa shape index (κ3) is 2.60. The van der Waals surface area contributed by atoms with Crippen molar-refractivity contribution in [3.05, 3.63) is 59.4 Å². The molecule has 1 saturated heterocycles. The fourth-order valence-electron chi connectivity index (χ4n) is 4.56. The summed E-state index contributed by atoms with van der Waals surface area (Å²) >= 11 is 6.11. The van der Waals surface area contributed by atoms with Crippen molar-refractivity contribution >= 4 is 28.5 Å². The van der Waals surface area contributed by atoms with Gasteiger partial charge >= 0.3 is 0 Å². The Kier molecular flexibility index (Phi) is 3.75. The molecule has 1 aliphatic heterocycles. The van der Waals surface area contributed by atoms with Crippen molar-refractivity contribution in [3.63, 3.8) is 0 Å². The van der Waals surface area contributed by atoms with Crippen LogP contribution in [0.4, 0.5) is 0 Å². The molecule has 2 aliphatic rings. The molecule has 1 aliphatic carbocycles. The molecule has 5 heteroatoms. The number of imidazole rings is 1. The van der Waals surface area contributed by atoms with Crippen LogP contribution in [0.25, 0.3) is 16.7 Å². The summed E-state index contributed by atoms with van der Waals surface area (Å²) in [4.78, 5) is 19.4. The third-order valence-electron chi connectivity index (χ3n) is 5.89. The first kappa shape index (κ1) is 15.9. The van der Waals surface area contributed by atoms with E-state index in [1.54, 1.807) is 6.33 Å². The van der Waals surface area contributed by atoms with E-state index in [2.05, 4.69) is 4.98 Å². The van der Waals surface area contributed by atoms with E-state index in [-0.39, 0.29) is 5.91 Å². The van der Waals surface area contributed by atoms with E-state index in [1.165, 1.54) is 19.3 Å². The van der Waals surface area contributed by atoms with E-state index < -0.39 is 0 Å². The summed E-state index contributed by atoms with van der Waals surface area (Å²) in [6.45, 7) is 1.83. The Balaban J connectivity index is 1.45. The number of nitrogens with zero attached hydrogens (tertiary/aromatic N) is 3. The van der Waals surface area contributed by atoms with Crippen molar-refractivity contribution in [2.45, 2.75) is 19.3 Å². The molecule has 132 valence electrons. The number of fused-ring (bicyclic) bond motifs is 2. The van der Waals surface area contributed by atoms with Gasteiger partial charge in [-0.25, -0.2) is 4.98 Å². The van der Waals surface area contributed by atoms with E-state index in [0.717, 1.165) is 35.4 Å². The molecule has 2 aromatic carbocycles. The fourth-order valence-corrected chi connectivity index (χ4v) is 4.75. The molecule has 26 heavy (non-hydrogen) atoms. The average Bonchev–Trinajstić information content (AvgIpc) is 3.34. The first-order valence-corrected chi connectivity index (χ1v) is 9.59. The van der Waals surface area contributed by atoms with Crippen molar-refractivity contribution < 1.29 is 4.79 Å². The number of rotatable bonds is 2. The second kappa shape index (κ2) is 6.13. The maximum Gasteiger partial charge on any atom is 0.253 e. The molecular formula is C21H20ClN3O. The molecule has 2 unspecified atom stereocenters. The monoisotopic (exact) mass is 365 g/mol. The zero-order valence-electron chi connectivity index (χ0n) is 14.4. The quantitative estimate of drug-likeness (QED) is 0.668. The standard InChI is InChI=1S/C21H20ClN3O/c22-17-5-2-6-18(10-17)25-13-23-19-9-14(7-8-20(19)25)21(26)24-11-15-3-1-4-16(15)12-24/h2,5-10,13,15-16H,1,3-4,11-12H2. The minimum atomic E-state index is 0.138. The number of benzene rings is 2. The number of hydrogen-bond donors (Lipinski definition) is 0. The summed E-state index contributed by atoms with van der Waals surface area (Å²) in [6.07, 6.45) is 5.66. The summed E-state index contributed by atoms with van der Waals surface area (Å²) in [5.41, 5.74) is 3.50. The molecule has 2 atom stereocenters. The number of halogens is 1. The van der Waals surface area contributed by atoms with Gasteiger partial charge in [-0.3, -0.25) is 9.36 Å². The van der Waals surface area contributed by atoms with Crippen LogP contribution in [-0.2, 0) is 0 Å². The Morgan fingerprint density at radius 2 is 1.88 bits per heavy atom. The number of likely N-dealkylation sites (tertiary alicyclic amines) is 1. The molecule has 2 fully saturated rings. The average molecular weight is 366 g/mol. The molecule has 4 nitrogen and oxygen atoms in total. The third-order valence-corrected chi connectivity index (χ3v) is 6.13. The zero-order chi connectivity index (χ0) is 17.7. The van der Waals surface area contributed by atoms with E-state index in [9.17, 15) is 4.79 Å². The van der Waals surface area contributed by atoms with Gasteiger partial charge in [0, 0.05) is 29.4 Å². The van der Waals surface area contributed by atoms with E-state index >= 15 is 0 Å². The lowest BCUT2D eigenvalue weighted by Crippen LogP contribution is -2.29. The smallest absolute Gasteiger partial charge is 0.253 e. The molecule has 5 rings (SSSR count). The first-order valence-electron chi connectivity index (χ1n) is 9.21. The lowest BCUT2D eigenvalue weighted by molar-refractivity contribution is 0.0781. The van der Waals surface area contributed by atoms with Crippen LogP contribution in [0.2, 0.25) is 5.02 Å². The highest BCUT2D eigenvalue weighted by molar-refractivity contribution is 6.30. The number of carbonyl (C=O) groups excluding carboxylic acids is 1. The zero-order valence-corrected chi connectivity index (χ0v) is 15.2. The van der Waals surface area contributed by atoms with Gasteiger partial charge in [-0.1, -0.05) is 24.1 Å². The van der Waals surface area contributed by atoms with Crippen molar-refractivity contribution in [1.82, 2.24) is 14.5 Å². The number of aromatic nitrogens is 2. The molecule has 3 aromatic rings. The van der Waals surface area contributed by atoms with Gasteiger partial charge in [-0.05, 0) is 61.1 Å². The van der Waals surface area contributed by atoms with Gasteiger partial charge in [0.25, 0.3) is 5.91 Å². The highest BCUT2D eigenvalue weighted by Crippen LogP contribution is 2.38. The maximum atomic E-state index is 12.9. The van der Waals surface area contributed by atoms with Crippen LogP contribution in [0.15, 0.2) is 48.8 Å². The minimum Gasteiger partial charge on any atom is -0.338 e. The van der Waals surface area contributed by atoms with Gasteiger partial charge in [0.1, 0.15) is 6.33 Å². The van der Waals surface area contributed by atoms with Gasteiger partial charge in [-0.2, -0.15) is 0 Å². The summed E-state index contributed by atoms with van der Waals surface area (Å²) < 4.78 is 2.00. The summed E-state index contributed by atoms with van der Waals surface area (Å²) in [5, 5.41) is 0.690. The fraction of sp³-hybridized carbons (Fsp3) is 0.333. The van der Waals surface area contributed by atoms with Crippen LogP contribution in [-0.4, -0.2) is 33.4 Å². The lowest BCUT2D eigenvalue weighted by Gasteiger charge is -2.17. The van der Waals surface area contributed by atoms with Gasteiger partial charge in [0.2, 0.25) is 0 Å². The Bertz CT molecular complexity index is 984. The van der Waals surface area contributed by atoms with Gasteiger partial charge in [-0.15, -0.1) is 0 Å². The highest BCUT2D eigenvalue weighted by atomic mass is 35.5. The van der Waals surface area contributed by atoms with E-state index in [4.69, 9.17) is 11.6 Å². The van der Waals surface area contributed by atoms with Crippen molar-refractivity contribution in [2.75, 3.05) is 13.1 Å². The Hall–Kier alpha value is -2.33. The highest BCUT2D eigenvalue weighted by Gasteiger charge is 2.38. The predicted octanol–water partition coefficient (Wildman–Crippen LogP) is 4.55. The van der Waals surface area contributed by atoms with Crippen LogP contribution >= 0.6 is 11.6 Å². The van der Waals surface area contributed by atoms with Gasteiger partial charge in [0.05, 0.1) is 11.0 Å². The molecule has 0 spiro atoms. The van der Waals surface area contributed by atoms with Crippen LogP contribution in [0.3, 0.4) is 0 Å². The van der Waals surface area contributed by atoms with Crippen molar-refractivity contribution in [3.8, 4) is 5.69 Å². The SMILES string of the molecule is O=C(c1ccc2c(c1)ncn2-c1cccc(Cl)c1)N1CC2CCCC2C1. The summed E-state index contributed by atoms with van der Waals surface area (Å²) in [6, 6.07) is 13.5. The van der Waals surface area contributed by atoms with E-state index in [0.29, 0.717) is 16.9 Å². The summed E-state index contributed by atoms with van der Waals surface area (Å²) in [7, 11) is 0. The molecular weight excluding hydrogens is 346 g/mol. The Morgan fingerprint density at radius 3 is 2.65 bits per heavy atom. The molecule has 0 radical (unpaired) electrons. The Morgan fingerprint density at radius 1 is 1.08 bits per heavy atom. The predicted molar refractivity (Wildman–Crippen MR) is 103 cm³/mol. The maximum absolute atomic E-state index is 12.9. The number of amides is 1. The second-order valence-corrected chi connectivity index (χ2v) is 7.90. The van der Waals surface area contributed by atoms with Gasteiger partial charge in [0.15, 0.2) is 0 Å². The topological polar surface area (TPSA) is 38.1 Å². The van der Waals surface area contributed by atoms with Gasteiger partial charge < -0.3 is 4.90 Å². The van der Waals surface area contributed by atoms with Crippen LogP contribution in [0.1, 0.15) is 29.6 Å². The molecule has 1 saturated carbocycles. The Labute approximate surface area is 157 Å². The van der Waals surface area contributed by atoms with E-state index in [1.807, 2.05) is 51.9 Å². The summed E-state index contributed by atoms with van der Waals surface area (Å²) in [5.74, 6) is 1.56. The largest absolute Gasteiger partial charge is 0.338 e. The van der Waals surface area contributed by atoms with Crippen LogP contribution in [0, 0.1) is 11.8 Å². The normalized spacial score (nSPS) is 22.1. The number of hydrogen-bond acceptors (Lipinski definition) is 2. The van der Waals surface area contributed by atoms with Crippen LogP contribution < -0.4 is 0 Å². The second-order valence-electron chi connectivity index (χ2n) is 7.46. The molecule has 1 amide bonds. The first-order chi connectivity index (χ1) is 12.7. The lowest BCUT2D eigenvalue weighted by atomic mass is 10.0. The minimum absolute atomic E-state index is 0.138. The van der Waals surface area contributed by atoms with Crippen molar-refractivity contribution in [2.24, 2.45) is 11.8 Å². The van der Waals surface area contributed by atoms with Crippen molar-refractivity contribution in [1.29, 1.82) is 0 Å². The molecule has 2 heterocycles. The molecule has 0 bridgehead atoms.